The lowest BCUT2D eigenvalue weighted by atomic mass is 9.40. The number of hydrogen-bond acceptors (Lipinski definition) is 4. The van der Waals surface area contributed by atoms with Crippen LogP contribution in [0, 0.1) is 0 Å². The standard InChI is InChI=1S/C18H2B15ClN2O2S/c1-2(5(19)8(22)12(14(24)25)39(37,38)18(31,32)33)3-7(21)10(34)16(27)35-11(3)4-6(20)9(23)13(17(28,29)30)36-15(4)26/h1H2/b8-5-. The highest BCUT2D eigenvalue weighted by Crippen LogP contribution is 2.32. The molecule has 2 aromatic heterocycles. The zero-order valence-corrected chi connectivity index (χ0v) is 21.9. The van der Waals surface area contributed by atoms with Gasteiger partial charge in [0.25, 0.3) is 0 Å². The first kappa shape index (κ1) is 33.9. The molecule has 4 nitrogen and oxygen atoms in total. The minimum Gasteiger partial charge on any atom is -0.271 e. The fourth-order valence-corrected chi connectivity index (χ4v) is 4.55. The molecule has 0 fully saturated rings. The maximum Gasteiger partial charge on any atom is 0.158 e. The molecule has 0 amide bonds. The first-order valence-corrected chi connectivity index (χ1v) is 12.1. The number of pyridine rings is 2. The maximum atomic E-state index is 12.8. The van der Waals surface area contributed by atoms with E-state index in [2.05, 4.69) is 16.5 Å². The summed E-state index contributed by atoms with van der Waals surface area (Å²) in [5.74, 6) is 0. The van der Waals surface area contributed by atoms with Crippen LogP contribution in [-0.4, -0.2) is 141 Å². The molecule has 0 aliphatic carbocycles. The van der Waals surface area contributed by atoms with Crippen LogP contribution in [0.5, 0.6) is 0 Å². The minimum absolute atomic E-state index is 0.135. The zero-order chi connectivity index (χ0) is 30.6. The maximum absolute atomic E-state index is 12.8. The van der Waals surface area contributed by atoms with E-state index in [1.54, 1.807) is 0 Å². The van der Waals surface area contributed by atoms with Crippen LogP contribution in [0.2, 0.25) is 5.02 Å². The molecule has 2 aromatic rings. The van der Waals surface area contributed by atoms with E-state index in [4.69, 9.17) is 129 Å². The summed E-state index contributed by atoms with van der Waals surface area (Å²) in [6, 6.07) is 0. The van der Waals surface area contributed by atoms with E-state index in [1.165, 1.54) is 0 Å². The Kier molecular flexibility index (Phi) is 10.0. The summed E-state index contributed by atoms with van der Waals surface area (Å²) < 4.78 is 22.8. The Hall–Kier alpha value is -1.27. The molecule has 21 heteroatoms. The number of nitrogens with zero attached hydrogens (tertiary/aromatic N) is 2. The Balaban J connectivity index is 3.02. The van der Waals surface area contributed by atoms with E-state index in [0.717, 1.165) is 0 Å². The van der Waals surface area contributed by atoms with Crippen LogP contribution in [0.25, 0.3) is 16.8 Å². The van der Waals surface area contributed by atoms with Gasteiger partial charge in [0.05, 0.1) is 68.5 Å². The Morgan fingerprint density at radius 3 is 1.72 bits per heavy atom. The van der Waals surface area contributed by atoms with Gasteiger partial charge in [0, 0.05) is 32.3 Å². The Morgan fingerprint density at radius 1 is 0.769 bits per heavy atom. The molecule has 0 aliphatic heterocycles. The van der Waals surface area contributed by atoms with Gasteiger partial charge in [-0.2, -0.15) is 0 Å². The van der Waals surface area contributed by atoms with Crippen LogP contribution in [0.3, 0.4) is 0 Å². The topological polar surface area (TPSA) is 59.9 Å². The number of allylic oxidation sites excluding steroid dienone is 3. The molecule has 0 saturated heterocycles. The van der Waals surface area contributed by atoms with Crippen molar-refractivity contribution in [1.29, 1.82) is 0 Å². The molecule has 0 saturated carbocycles. The van der Waals surface area contributed by atoms with E-state index in [0.29, 0.717) is 0 Å². The predicted octanol–water partition coefficient (Wildman–Crippen LogP) is -7.02. The second kappa shape index (κ2) is 11.5. The van der Waals surface area contributed by atoms with Gasteiger partial charge in [-0.1, -0.05) is 50.6 Å². The zero-order valence-electron chi connectivity index (χ0n) is 20.4. The van der Waals surface area contributed by atoms with Gasteiger partial charge >= 0.3 is 0 Å². The highest BCUT2D eigenvalue weighted by molar-refractivity contribution is 8.00. The lowest BCUT2D eigenvalue weighted by molar-refractivity contribution is 0.603. The molecule has 39 heavy (non-hydrogen) atoms. The first-order valence-electron chi connectivity index (χ1n) is 10.3. The highest BCUT2D eigenvalue weighted by atomic mass is 35.5. The SMILES string of the molecule is [B]C([B])=C(/C([B])=C(/[B])C(=C)c1c(-c2c([B])nc(C([B])([B])[B])c([B])c2[B])nc([B])c(Cl)c1[B])S(=O)(=O)C([B])([B])[B]. The summed E-state index contributed by atoms with van der Waals surface area (Å²) in [6.07, 6.45) is 0. The normalized spacial score (nSPS) is 12.9. The van der Waals surface area contributed by atoms with Gasteiger partial charge < -0.3 is 0 Å². The Morgan fingerprint density at radius 2 is 1.28 bits per heavy atom. The molecule has 2 rings (SSSR count). The van der Waals surface area contributed by atoms with Crippen LogP contribution in [0.1, 0.15) is 11.3 Å². The van der Waals surface area contributed by atoms with Crippen molar-refractivity contribution < 1.29 is 8.42 Å². The van der Waals surface area contributed by atoms with Crippen molar-refractivity contribution >= 4 is 172 Å². The highest BCUT2D eigenvalue weighted by Gasteiger charge is 2.33. The lowest BCUT2D eigenvalue weighted by Crippen LogP contribution is -2.46. The van der Waals surface area contributed by atoms with Crippen molar-refractivity contribution in [3.05, 3.63) is 44.1 Å². The fraction of sp³-hybridized carbons (Fsp3) is 0.111. The Bertz CT molecular complexity index is 1560. The fourth-order valence-electron chi connectivity index (χ4n) is 3.35. The lowest BCUT2D eigenvalue weighted by Gasteiger charge is -2.29. The van der Waals surface area contributed by atoms with Crippen molar-refractivity contribution in [2.75, 3.05) is 0 Å². The third-order valence-electron chi connectivity index (χ3n) is 5.31. The van der Waals surface area contributed by atoms with Gasteiger partial charge in [-0.05, 0) is 15.6 Å². The number of rotatable bonds is 7. The van der Waals surface area contributed by atoms with Crippen molar-refractivity contribution in [3.8, 4) is 11.3 Å². The van der Waals surface area contributed by atoms with Crippen molar-refractivity contribution in [2.24, 2.45) is 0 Å². The first-order chi connectivity index (χ1) is 17.5. The average molecular weight is 508 g/mol. The van der Waals surface area contributed by atoms with Crippen LogP contribution < -0.4 is 27.6 Å². The average Bonchev–Trinajstić information content (AvgIpc) is 2.77. The molecule has 0 aliphatic rings. The summed E-state index contributed by atoms with van der Waals surface area (Å²) in [4.78, 5) is 7.24. The van der Waals surface area contributed by atoms with Gasteiger partial charge in [-0.3, -0.25) is 9.97 Å². The molecule has 0 spiro atoms. The number of sulfone groups is 1. The molecule has 0 aromatic carbocycles. The molecule has 2 heterocycles. The van der Waals surface area contributed by atoms with Gasteiger partial charge in [0.15, 0.2) is 9.84 Å². The molecule has 154 valence electrons. The molecular formula is C18H2B15ClN2O2S. The molecule has 0 bridgehead atoms. The second-order valence-corrected chi connectivity index (χ2v) is 10.9. The third-order valence-corrected chi connectivity index (χ3v) is 7.63. The smallest absolute Gasteiger partial charge is 0.158 e. The molecule has 0 N–H and O–H groups in total. The minimum atomic E-state index is -4.86. The third kappa shape index (κ3) is 6.32. The molecule has 30 radical (unpaired) electrons. The summed E-state index contributed by atoms with van der Waals surface area (Å²) in [7, 11) is 82.2. The number of hydrogen-bond donors (Lipinski definition) is 0. The number of aromatic nitrogens is 2. The van der Waals surface area contributed by atoms with Gasteiger partial charge in [-0.25, -0.2) is 8.42 Å². The largest absolute Gasteiger partial charge is 0.271 e. The van der Waals surface area contributed by atoms with Crippen LogP contribution >= 0.6 is 11.6 Å². The molecule has 0 atom stereocenters. The van der Waals surface area contributed by atoms with E-state index >= 15 is 0 Å². The predicted molar refractivity (Wildman–Crippen MR) is 173 cm³/mol. The van der Waals surface area contributed by atoms with E-state index in [9.17, 15) is 8.42 Å². The van der Waals surface area contributed by atoms with Crippen LogP contribution in [-0.2, 0) is 15.0 Å². The van der Waals surface area contributed by atoms with Gasteiger partial charge in [0.1, 0.15) is 54.9 Å². The van der Waals surface area contributed by atoms with Gasteiger partial charge in [-0.15, -0.1) is 5.37 Å². The van der Waals surface area contributed by atoms with Crippen molar-refractivity contribution in [2.45, 2.75) is 9.56 Å². The Labute approximate surface area is 254 Å². The van der Waals surface area contributed by atoms with Crippen LogP contribution in [0.4, 0.5) is 0 Å². The van der Waals surface area contributed by atoms with Crippen molar-refractivity contribution in [1.82, 2.24) is 9.97 Å². The van der Waals surface area contributed by atoms with Crippen LogP contribution in [0.15, 0.2) is 27.8 Å². The molecule has 0 unspecified atom stereocenters. The number of halogens is 1. The monoisotopic (exact) mass is 510 g/mol. The van der Waals surface area contributed by atoms with E-state index in [-0.39, 0.29) is 60.7 Å². The van der Waals surface area contributed by atoms with E-state index in [1.807, 2.05) is 0 Å². The summed E-state index contributed by atoms with van der Waals surface area (Å²) in [5.41, 5.74) is -3.70. The second-order valence-electron chi connectivity index (χ2n) is 8.38. The summed E-state index contributed by atoms with van der Waals surface area (Å²) in [6.45, 7) is 3.82. The quantitative estimate of drug-likeness (QED) is 0.276. The van der Waals surface area contributed by atoms with Gasteiger partial charge in [0.2, 0.25) is 0 Å². The summed E-state index contributed by atoms with van der Waals surface area (Å²) in [5, 5.41) is -3.11. The van der Waals surface area contributed by atoms with E-state index < -0.39 is 40.6 Å². The van der Waals surface area contributed by atoms with Crippen molar-refractivity contribution in [3.63, 3.8) is 0 Å². The molecular weight excluding hydrogens is 506 g/mol. The summed E-state index contributed by atoms with van der Waals surface area (Å²) >= 11 is 6.22.